The number of hydrogen-bond donors (Lipinski definition) is 1. The predicted molar refractivity (Wildman–Crippen MR) is 85.8 cm³/mol. The largest absolute Gasteiger partial charge is 0.377 e. The Morgan fingerprint density at radius 1 is 1.21 bits per heavy atom. The van der Waals surface area contributed by atoms with Gasteiger partial charge >= 0.3 is 0 Å². The first-order valence-corrected chi connectivity index (χ1v) is 8.92. The van der Waals surface area contributed by atoms with E-state index in [1.165, 1.54) is 44.9 Å². The molecule has 0 bridgehead atoms. The van der Waals surface area contributed by atoms with Gasteiger partial charge in [0.25, 0.3) is 0 Å². The van der Waals surface area contributed by atoms with Gasteiger partial charge in [0.2, 0.25) is 0 Å². The molecule has 2 aliphatic carbocycles. The monoisotopic (exact) mass is 284 g/mol. The second kappa shape index (κ2) is 6.85. The van der Waals surface area contributed by atoms with Gasteiger partial charge in [0.05, 0.1) is 12.7 Å². The van der Waals surface area contributed by atoms with Crippen LogP contribution in [0.5, 0.6) is 0 Å². The SMILES string of the molecule is CC1CCC(C(C)C)C(OCC2(CS)CCCC2)C1. The minimum Gasteiger partial charge on any atom is -0.377 e. The summed E-state index contributed by atoms with van der Waals surface area (Å²) in [6.45, 7) is 8.07. The highest BCUT2D eigenvalue weighted by molar-refractivity contribution is 7.80. The Morgan fingerprint density at radius 3 is 2.47 bits per heavy atom. The molecule has 0 spiro atoms. The van der Waals surface area contributed by atoms with Crippen LogP contribution < -0.4 is 0 Å². The van der Waals surface area contributed by atoms with Gasteiger partial charge in [-0.25, -0.2) is 0 Å². The van der Waals surface area contributed by atoms with Crippen molar-refractivity contribution in [3.05, 3.63) is 0 Å². The van der Waals surface area contributed by atoms with Gasteiger partial charge in [0.1, 0.15) is 0 Å². The summed E-state index contributed by atoms with van der Waals surface area (Å²) in [5.74, 6) is 3.37. The van der Waals surface area contributed by atoms with E-state index in [1.807, 2.05) is 0 Å². The molecule has 0 aromatic rings. The zero-order chi connectivity index (χ0) is 13.9. The highest BCUT2D eigenvalue weighted by Crippen LogP contribution is 2.41. The van der Waals surface area contributed by atoms with Gasteiger partial charge in [-0.2, -0.15) is 12.6 Å². The topological polar surface area (TPSA) is 9.23 Å². The van der Waals surface area contributed by atoms with Gasteiger partial charge in [-0.1, -0.05) is 40.0 Å². The summed E-state index contributed by atoms with van der Waals surface area (Å²) in [6, 6.07) is 0. The van der Waals surface area contributed by atoms with Crippen LogP contribution in [0.1, 0.15) is 65.7 Å². The van der Waals surface area contributed by atoms with Crippen molar-refractivity contribution in [1.29, 1.82) is 0 Å². The van der Waals surface area contributed by atoms with Gasteiger partial charge in [0, 0.05) is 5.41 Å². The molecule has 0 saturated heterocycles. The summed E-state index contributed by atoms with van der Waals surface area (Å²) < 4.78 is 6.46. The van der Waals surface area contributed by atoms with Crippen LogP contribution in [0.25, 0.3) is 0 Å². The van der Waals surface area contributed by atoms with Gasteiger partial charge < -0.3 is 4.74 Å². The molecule has 2 rings (SSSR count). The second-order valence-electron chi connectivity index (χ2n) is 7.54. The standard InChI is InChI=1S/C17H32OS/c1-13(2)15-7-6-14(3)10-16(15)18-11-17(12-19)8-4-5-9-17/h13-16,19H,4-12H2,1-3H3. The lowest BCUT2D eigenvalue weighted by atomic mass is 9.75. The zero-order valence-electron chi connectivity index (χ0n) is 13.0. The van der Waals surface area contributed by atoms with Crippen molar-refractivity contribution in [2.75, 3.05) is 12.4 Å². The summed E-state index contributed by atoms with van der Waals surface area (Å²) in [7, 11) is 0. The van der Waals surface area contributed by atoms with E-state index in [1.54, 1.807) is 0 Å². The average Bonchev–Trinajstić information content (AvgIpc) is 2.85. The van der Waals surface area contributed by atoms with Crippen LogP contribution in [0.4, 0.5) is 0 Å². The van der Waals surface area contributed by atoms with Gasteiger partial charge in [-0.3, -0.25) is 0 Å². The van der Waals surface area contributed by atoms with Crippen LogP contribution in [0, 0.1) is 23.2 Å². The maximum Gasteiger partial charge on any atom is 0.0608 e. The molecule has 0 N–H and O–H groups in total. The lowest BCUT2D eigenvalue weighted by Gasteiger charge is -2.39. The molecule has 0 amide bonds. The molecule has 3 unspecified atom stereocenters. The fourth-order valence-corrected chi connectivity index (χ4v) is 4.47. The highest BCUT2D eigenvalue weighted by atomic mass is 32.1. The Morgan fingerprint density at radius 2 is 1.89 bits per heavy atom. The molecule has 2 heteroatoms. The van der Waals surface area contributed by atoms with Crippen molar-refractivity contribution in [3.8, 4) is 0 Å². The molecular formula is C17H32OS. The molecule has 2 saturated carbocycles. The van der Waals surface area contributed by atoms with E-state index >= 15 is 0 Å². The van der Waals surface area contributed by atoms with E-state index in [-0.39, 0.29) is 0 Å². The number of hydrogen-bond acceptors (Lipinski definition) is 2. The van der Waals surface area contributed by atoms with E-state index in [0.717, 1.165) is 30.1 Å². The molecular weight excluding hydrogens is 252 g/mol. The van der Waals surface area contributed by atoms with Crippen molar-refractivity contribution in [2.24, 2.45) is 23.2 Å². The maximum atomic E-state index is 6.46. The molecule has 0 aromatic heterocycles. The van der Waals surface area contributed by atoms with E-state index < -0.39 is 0 Å². The molecule has 0 radical (unpaired) electrons. The van der Waals surface area contributed by atoms with Gasteiger partial charge in [0.15, 0.2) is 0 Å². The van der Waals surface area contributed by atoms with Crippen LogP contribution in [-0.2, 0) is 4.74 Å². The van der Waals surface area contributed by atoms with E-state index in [4.69, 9.17) is 4.74 Å². The van der Waals surface area contributed by atoms with Crippen molar-refractivity contribution < 1.29 is 4.74 Å². The van der Waals surface area contributed by atoms with Gasteiger partial charge in [-0.15, -0.1) is 0 Å². The number of rotatable bonds is 5. The first kappa shape index (κ1) is 15.7. The molecule has 2 fully saturated rings. The Labute approximate surface area is 125 Å². The molecule has 1 nitrogen and oxygen atoms in total. The Kier molecular flexibility index (Phi) is 5.65. The molecule has 0 heterocycles. The third-order valence-electron chi connectivity index (χ3n) is 5.56. The second-order valence-corrected chi connectivity index (χ2v) is 7.86. The normalized spacial score (nSPS) is 34.9. The quantitative estimate of drug-likeness (QED) is 0.702. The molecule has 3 atom stereocenters. The van der Waals surface area contributed by atoms with E-state index in [2.05, 4.69) is 33.4 Å². The number of thiol groups is 1. The van der Waals surface area contributed by atoms with Crippen LogP contribution in [0.2, 0.25) is 0 Å². The zero-order valence-corrected chi connectivity index (χ0v) is 13.9. The molecule has 19 heavy (non-hydrogen) atoms. The fraction of sp³-hybridized carbons (Fsp3) is 1.00. The lowest BCUT2D eigenvalue weighted by Crippen LogP contribution is -2.37. The Bertz CT molecular complexity index is 270. The third-order valence-corrected chi connectivity index (χ3v) is 6.24. The summed E-state index contributed by atoms with van der Waals surface area (Å²) >= 11 is 4.60. The van der Waals surface area contributed by atoms with Crippen molar-refractivity contribution in [3.63, 3.8) is 0 Å². The smallest absolute Gasteiger partial charge is 0.0608 e. The summed E-state index contributed by atoms with van der Waals surface area (Å²) in [5.41, 5.74) is 0.394. The van der Waals surface area contributed by atoms with Crippen molar-refractivity contribution in [2.45, 2.75) is 71.8 Å². The predicted octanol–water partition coefficient (Wildman–Crippen LogP) is 4.95. The average molecular weight is 285 g/mol. The molecule has 0 aromatic carbocycles. The van der Waals surface area contributed by atoms with Crippen molar-refractivity contribution in [1.82, 2.24) is 0 Å². The van der Waals surface area contributed by atoms with Crippen LogP contribution >= 0.6 is 12.6 Å². The van der Waals surface area contributed by atoms with Gasteiger partial charge in [-0.05, 0) is 49.2 Å². The highest BCUT2D eigenvalue weighted by Gasteiger charge is 2.36. The minimum absolute atomic E-state index is 0.394. The Hall–Kier alpha value is 0.310. The number of ether oxygens (including phenoxy) is 1. The first-order chi connectivity index (χ1) is 9.06. The Balaban J connectivity index is 1.91. The van der Waals surface area contributed by atoms with E-state index in [0.29, 0.717) is 11.5 Å². The molecule has 2 aliphatic rings. The van der Waals surface area contributed by atoms with Crippen LogP contribution in [-0.4, -0.2) is 18.5 Å². The molecule has 112 valence electrons. The summed E-state index contributed by atoms with van der Waals surface area (Å²) in [5, 5.41) is 0. The molecule has 0 aliphatic heterocycles. The van der Waals surface area contributed by atoms with Crippen LogP contribution in [0.15, 0.2) is 0 Å². The van der Waals surface area contributed by atoms with E-state index in [9.17, 15) is 0 Å². The van der Waals surface area contributed by atoms with Crippen LogP contribution in [0.3, 0.4) is 0 Å². The first-order valence-electron chi connectivity index (χ1n) is 8.29. The summed E-state index contributed by atoms with van der Waals surface area (Å²) in [6.07, 6.45) is 9.91. The lowest BCUT2D eigenvalue weighted by molar-refractivity contribution is -0.0670. The fourth-order valence-electron chi connectivity index (χ4n) is 4.06. The summed E-state index contributed by atoms with van der Waals surface area (Å²) in [4.78, 5) is 0. The third kappa shape index (κ3) is 3.91. The minimum atomic E-state index is 0.394. The van der Waals surface area contributed by atoms with Crippen molar-refractivity contribution >= 4 is 12.6 Å². The maximum absolute atomic E-state index is 6.46.